The Morgan fingerprint density at radius 3 is 2.73 bits per heavy atom. The topological polar surface area (TPSA) is 71.2 Å². The number of phenols is 1. The minimum absolute atomic E-state index is 0.226. The Morgan fingerprint density at radius 2 is 2.00 bits per heavy atom. The summed E-state index contributed by atoms with van der Waals surface area (Å²) in [5.74, 6) is 1.32. The lowest BCUT2D eigenvalue weighted by atomic mass is 9.94. The first kappa shape index (κ1) is 18.8. The van der Waals surface area contributed by atoms with Gasteiger partial charge in [0.15, 0.2) is 0 Å². The van der Waals surface area contributed by atoms with Gasteiger partial charge in [-0.05, 0) is 43.5 Å². The number of benzene rings is 1. The molecule has 0 saturated heterocycles. The average molecular weight is 375 g/mol. The van der Waals surface area contributed by atoms with Crippen molar-refractivity contribution in [3.63, 3.8) is 0 Å². The molecule has 0 atom stereocenters. The van der Waals surface area contributed by atoms with Crippen molar-refractivity contribution in [2.24, 2.45) is 0 Å². The summed E-state index contributed by atoms with van der Waals surface area (Å²) in [5, 5.41) is 18.4. The lowest BCUT2D eigenvalue weighted by Crippen LogP contribution is -2.38. The van der Waals surface area contributed by atoms with Gasteiger partial charge in [0, 0.05) is 25.3 Å². The van der Waals surface area contributed by atoms with Crippen LogP contribution < -0.4 is 0 Å². The van der Waals surface area contributed by atoms with Crippen molar-refractivity contribution in [2.45, 2.75) is 56.0 Å². The third-order valence-electron chi connectivity index (χ3n) is 4.91. The van der Waals surface area contributed by atoms with E-state index < -0.39 is 0 Å². The normalized spacial score (nSPS) is 15.1. The molecule has 0 radical (unpaired) electrons. The largest absolute Gasteiger partial charge is 0.508 e. The maximum atomic E-state index is 12.4. The SMILES string of the molecule is CN(C(=O)CCCSc1cnnn1-c1ccc(O)cc1)C1CCCCC1. The van der Waals surface area contributed by atoms with Gasteiger partial charge >= 0.3 is 0 Å². The zero-order valence-electron chi connectivity index (χ0n) is 15.2. The minimum Gasteiger partial charge on any atom is -0.508 e. The molecule has 1 aliphatic rings. The van der Waals surface area contributed by atoms with Gasteiger partial charge in [0.25, 0.3) is 0 Å². The van der Waals surface area contributed by atoms with Crippen molar-refractivity contribution in [3.05, 3.63) is 30.5 Å². The number of thioether (sulfide) groups is 1. The molecule has 2 aromatic rings. The first-order valence-corrected chi connectivity index (χ1v) is 10.2. The Bertz CT molecular complexity index is 711. The Morgan fingerprint density at radius 1 is 1.27 bits per heavy atom. The van der Waals surface area contributed by atoms with E-state index in [1.54, 1.807) is 46.9 Å². The van der Waals surface area contributed by atoms with Gasteiger partial charge < -0.3 is 10.0 Å². The number of aromatic hydroxyl groups is 1. The van der Waals surface area contributed by atoms with Gasteiger partial charge in [-0.2, -0.15) is 0 Å². The van der Waals surface area contributed by atoms with Crippen LogP contribution in [0.15, 0.2) is 35.5 Å². The van der Waals surface area contributed by atoms with Crippen LogP contribution in [-0.4, -0.2) is 49.7 Å². The number of phenolic OH excluding ortho intramolecular Hbond substituents is 1. The maximum Gasteiger partial charge on any atom is 0.222 e. The van der Waals surface area contributed by atoms with Crippen molar-refractivity contribution < 1.29 is 9.90 Å². The summed E-state index contributed by atoms with van der Waals surface area (Å²) in [4.78, 5) is 14.4. The fraction of sp³-hybridized carbons (Fsp3) is 0.526. The smallest absolute Gasteiger partial charge is 0.222 e. The van der Waals surface area contributed by atoms with E-state index in [-0.39, 0.29) is 11.7 Å². The van der Waals surface area contributed by atoms with Crippen molar-refractivity contribution in [3.8, 4) is 11.4 Å². The molecule has 26 heavy (non-hydrogen) atoms. The van der Waals surface area contributed by atoms with Crippen LogP contribution in [0.5, 0.6) is 5.75 Å². The molecule has 1 N–H and O–H groups in total. The number of amides is 1. The summed E-state index contributed by atoms with van der Waals surface area (Å²) in [5.41, 5.74) is 0.857. The Balaban J connectivity index is 1.46. The van der Waals surface area contributed by atoms with Gasteiger partial charge in [-0.15, -0.1) is 16.9 Å². The molecule has 1 fully saturated rings. The zero-order valence-corrected chi connectivity index (χ0v) is 16.0. The van der Waals surface area contributed by atoms with E-state index in [9.17, 15) is 9.90 Å². The van der Waals surface area contributed by atoms with E-state index >= 15 is 0 Å². The van der Waals surface area contributed by atoms with Crippen LogP contribution >= 0.6 is 11.8 Å². The third-order valence-corrected chi connectivity index (χ3v) is 5.98. The fourth-order valence-electron chi connectivity index (χ4n) is 3.35. The first-order chi connectivity index (χ1) is 12.6. The number of rotatable bonds is 7. The molecule has 1 aromatic heterocycles. The molecule has 140 valence electrons. The van der Waals surface area contributed by atoms with E-state index in [1.807, 2.05) is 11.9 Å². The summed E-state index contributed by atoms with van der Waals surface area (Å²) in [7, 11) is 1.95. The molecule has 1 aliphatic carbocycles. The van der Waals surface area contributed by atoms with Crippen LogP contribution in [-0.2, 0) is 4.79 Å². The minimum atomic E-state index is 0.226. The van der Waals surface area contributed by atoms with Crippen LogP contribution in [0.25, 0.3) is 5.69 Å². The van der Waals surface area contributed by atoms with Gasteiger partial charge in [0.05, 0.1) is 11.9 Å². The molecule has 0 unspecified atom stereocenters. The Labute approximate surface area is 158 Å². The van der Waals surface area contributed by atoms with Crippen LogP contribution in [0, 0.1) is 0 Å². The van der Waals surface area contributed by atoms with Crippen molar-refractivity contribution in [1.82, 2.24) is 19.9 Å². The first-order valence-electron chi connectivity index (χ1n) is 9.24. The lowest BCUT2D eigenvalue weighted by Gasteiger charge is -2.31. The number of carbonyl (C=O) groups excluding carboxylic acids is 1. The van der Waals surface area contributed by atoms with Gasteiger partial charge in [-0.1, -0.05) is 24.5 Å². The lowest BCUT2D eigenvalue weighted by molar-refractivity contribution is -0.132. The molecule has 0 aliphatic heterocycles. The van der Waals surface area contributed by atoms with Crippen molar-refractivity contribution in [2.75, 3.05) is 12.8 Å². The summed E-state index contributed by atoms with van der Waals surface area (Å²) >= 11 is 1.65. The quantitative estimate of drug-likeness (QED) is 0.592. The molecule has 0 bridgehead atoms. The van der Waals surface area contributed by atoms with Crippen molar-refractivity contribution >= 4 is 17.7 Å². The van der Waals surface area contributed by atoms with Crippen molar-refractivity contribution in [1.29, 1.82) is 0 Å². The molecule has 6 nitrogen and oxygen atoms in total. The maximum absolute atomic E-state index is 12.4. The second-order valence-corrected chi connectivity index (χ2v) is 7.86. The molecule has 7 heteroatoms. The zero-order chi connectivity index (χ0) is 18.4. The number of hydrogen-bond acceptors (Lipinski definition) is 5. The Kier molecular flexibility index (Phi) is 6.55. The second kappa shape index (κ2) is 9.07. The summed E-state index contributed by atoms with van der Waals surface area (Å²) in [6, 6.07) is 7.30. The van der Waals surface area contributed by atoms with Crippen LogP contribution in [0.1, 0.15) is 44.9 Å². The summed E-state index contributed by atoms with van der Waals surface area (Å²) in [6.07, 6.45) is 9.23. The fourth-order valence-corrected chi connectivity index (χ4v) is 4.23. The standard InChI is InChI=1S/C19H26N4O2S/c1-22(15-6-3-2-4-7-15)18(25)8-5-13-26-19-14-20-21-23(19)16-9-11-17(24)12-10-16/h9-12,14-15,24H,2-8,13H2,1H3. The Hall–Kier alpha value is -2.02. The van der Waals surface area contributed by atoms with Gasteiger partial charge in [0.2, 0.25) is 5.91 Å². The molecule has 1 aromatic carbocycles. The number of nitrogens with zero attached hydrogens (tertiary/aromatic N) is 4. The highest BCUT2D eigenvalue weighted by Crippen LogP contribution is 2.24. The van der Waals surface area contributed by atoms with Crippen LogP contribution in [0.4, 0.5) is 0 Å². The van der Waals surface area contributed by atoms with Crippen LogP contribution in [0.3, 0.4) is 0 Å². The molecule has 3 rings (SSSR count). The number of carbonyl (C=O) groups is 1. The molecule has 1 saturated carbocycles. The van der Waals surface area contributed by atoms with Crippen LogP contribution in [0.2, 0.25) is 0 Å². The molecular formula is C19H26N4O2S. The van der Waals surface area contributed by atoms with E-state index in [0.29, 0.717) is 12.5 Å². The third kappa shape index (κ3) is 4.78. The summed E-state index contributed by atoms with van der Waals surface area (Å²) < 4.78 is 1.75. The molecule has 0 spiro atoms. The van der Waals surface area contributed by atoms with Gasteiger partial charge in [-0.25, -0.2) is 4.68 Å². The monoisotopic (exact) mass is 374 g/mol. The predicted molar refractivity (Wildman–Crippen MR) is 103 cm³/mol. The van der Waals surface area contributed by atoms with E-state index in [2.05, 4.69) is 10.3 Å². The summed E-state index contributed by atoms with van der Waals surface area (Å²) in [6.45, 7) is 0. The second-order valence-electron chi connectivity index (χ2n) is 6.75. The highest BCUT2D eigenvalue weighted by Gasteiger charge is 2.21. The highest BCUT2D eigenvalue weighted by atomic mass is 32.2. The van der Waals surface area contributed by atoms with E-state index in [0.717, 1.165) is 35.7 Å². The molecule has 1 amide bonds. The average Bonchev–Trinajstić information content (AvgIpc) is 3.14. The number of hydrogen-bond donors (Lipinski definition) is 1. The molecule has 1 heterocycles. The highest BCUT2D eigenvalue weighted by molar-refractivity contribution is 7.99. The van der Waals surface area contributed by atoms with E-state index in [1.165, 1.54) is 19.3 Å². The predicted octanol–water partition coefficient (Wildman–Crippen LogP) is 3.64. The van der Waals surface area contributed by atoms with E-state index in [4.69, 9.17) is 0 Å². The van der Waals surface area contributed by atoms with Gasteiger partial charge in [-0.3, -0.25) is 4.79 Å². The molecular weight excluding hydrogens is 348 g/mol. The number of aromatic nitrogens is 3. The van der Waals surface area contributed by atoms with Gasteiger partial charge in [0.1, 0.15) is 10.8 Å².